The lowest BCUT2D eigenvalue weighted by Gasteiger charge is -2.24. The minimum Gasteiger partial charge on any atom is -0.460 e. The average molecular weight is 522 g/mol. The maximum absolute atomic E-state index is 13.8. The van der Waals surface area contributed by atoms with E-state index in [2.05, 4.69) is 9.98 Å². The summed E-state index contributed by atoms with van der Waals surface area (Å²) in [6.07, 6.45) is 1.90. The molecule has 0 amide bonds. The van der Waals surface area contributed by atoms with Crippen LogP contribution in [0.3, 0.4) is 0 Å². The molecule has 1 aliphatic heterocycles. The summed E-state index contributed by atoms with van der Waals surface area (Å²) < 4.78 is 12.6. The highest BCUT2D eigenvalue weighted by molar-refractivity contribution is 7.07. The number of carbonyl (C=O) groups excluding carboxylic acids is 1. The minimum atomic E-state index is -0.695. The summed E-state index contributed by atoms with van der Waals surface area (Å²) >= 11 is 7.43. The number of hydrogen-bond acceptors (Lipinski definition) is 6. The lowest BCUT2D eigenvalue weighted by molar-refractivity contribution is -0.140. The van der Waals surface area contributed by atoms with E-state index in [-0.39, 0.29) is 18.8 Å². The van der Waals surface area contributed by atoms with E-state index >= 15 is 0 Å². The molecule has 0 fully saturated rings. The zero-order valence-electron chi connectivity index (χ0n) is 20.0. The summed E-state index contributed by atoms with van der Waals surface area (Å²) in [4.78, 5) is 35.5. The number of thiazole rings is 1. The van der Waals surface area contributed by atoms with Gasteiger partial charge in [-0.05, 0) is 43.7 Å². The number of fused-ring (bicyclic) bond motifs is 2. The number of nitrogens with one attached hydrogen (secondary N) is 1. The van der Waals surface area contributed by atoms with Gasteiger partial charge in [-0.15, -0.1) is 0 Å². The zero-order valence-corrected chi connectivity index (χ0v) is 21.6. The second kappa shape index (κ2) is 9.89. The Hall–Kier alpha value is -3.46. The number of aromatic nitrogens is 2. The predicted molar refractivity (Wildman–Crippen MR) is 141 cm³/mol. The second-order valence-electron chi connectivity index (χ2n) is 8.47. The van der Waals surface area contributed by atoms with Crippen molar-refractivity contribution in [1.29, 1.82) is 0 Å². The van der Waals surface area contributed by atoms with Crippen LogP contribution in [0.4, 0.5) is 0 Å². The quantitative estimate of drug-likeness (QED) is 0.308. The third kappa shape index (κ3) is 4.32. The molecule has 0 spiro atoms. The number of benzene rings is 2. The van der Waals surface area contributed by atoms with Gasteiger partial charge < -0.3 is 14.5 Å². The highest BCUT2D eigenvalue weighted by Crippen LogP contribution is 2.31. The van der Waals surface area contributed by atoms with Crippen LogP contribution in [0.1, 0.15) is 29.8 Å². The van der Waals surface area contributed by atoms with Gasteiger partial charge in [0.15, 0.2) is 4.80 Å². The lowest BCUT2D eigenvalue weighted by atomic mass is 9.96. The molecule has 3 heterocycles. The van der Waals surface area contributed by atoms with Crippen LogP contribution in [0.5, 0.6) is 0 Å². The van der Waals surface area contributed by atoms with E-state index in [1.165, 1.54) is 18.4 Å². The SMILES string of the molecule is COCCOC(=O)C1=C(C)N=c2sc(=Cc3c(C)[nH]c4ccccc34)c(=O)n2C1c1ccc(Cl)cc1. The summed E-state index contributed by atoms with van der Waals surface area (Å²) in [6.45, 7) is 4.12. The van der Waals surface area contributed by atoms with Crippen LogP contribution in [0.15, 0.2) is 69.6 Å². The van der Waals surface area contributed by atoms with Crippen molar-refractivity contribution in [3.8, 4) is 0 Å². The number of ether oxygens (including phenoxy) is 2. The molecule has 7 nitrogen and oxygen atoms in total. The van der Waals surface area contributed by atoms with Crippen molar-refractivity contribution >= 4 is 45.9 Å². The molecule has 36 heavy (non-hydrogen) atoms. The first-order valence-electron chi connectivity index (χ1n) is 11.4. The topological polar surface area (TPSA) is 85.7 Å². The number of allylic oxidation sites excluding steroid dienone is 1. The molecule has 184 valence electrons. The van der Waals surface area contributed by atoms with Crippen LogP contribution < -0.4 is 14.9 Å². The number of carbonyl (C=O) groups is 1. The summed E-state index contributed by atoms with van der Waals surface area (Å²) in [7, 11) is 1.54. The van der Waals surface area contributed by atoms with Crippen molar-refractivity contribution in [1.82, 2.24) is 9.55 Å². The third-order valence-corrected chi connectivity index (χ3v) is 7.40. The lowest BCUT2D eigenvalue weighted by Crippen LogP contribution is -2.40. The number of para-hydroxylation sites is 1. The van der Waals surface area contributed by atoms with Crippen molar-refractivity contribution in [2.24, 2.45) is 4.99 Å². The van der Waals surface area contributed by atoms with Crippen LogP contribution in [-0.2, 0) is 14.3 Å². The second-order valence-corrected chi connectivity index (χ2v) is 9.92. The van der Waals surface area contributed by atoms with E-state index < -0.39 is 12.0 Å². The number of aromatic amines is 1. The molecule has 0 bridgehead atoms. The predicted octanol–water partition coefficient (Wildman–Crippen LogP) is 3.87. The molecule has 0 aliphatic carbocycles. The van der Waals surface area contributed by atoms with Crippen LogP contribution >= 0.6 is 22.9 Å². The smallest absolute Gasteiger partial charge is 0.338 e. The molecule has 0 saturated heterocycles. The monoisotopic (exact) mass is 521 g/mol. The van der Waals surface area contributed by atoms with Crippen molar-refractivity contribution in [2.75, 3.05) is 20.3 Å². The largest absolute Gasteiger partial charge is 0.460 e. The number of H-pyrrole nitrogens is 1. The van der Waals surface area contributed by atoms with Crippen molar-refractivity contribution in [3.63, 3.8) is 0 Å². The minimum absolute atomic E-state index is 0.101. The fraction of sp³-hybridized carbons (Fsp3) is 0.222. The number of esters is 1. The van der Waals surface area contributed by atoms with Gasteiger partial charge in [-0.25, -0.2) is 9.79 Å². The Bertz CT molecular complexity index is 1680. The molecule has 2 aromatic carbocycles. The van der Waals surface area contributed by atoms with E-state index in [4.69, 9.17) is 21.1 Å². The number of methoxy groups -OCH3 is 1. The van der Waals surface area contributed by atoms with Crippen LogP contribution in [0, 0.1) is 6.92 Å². The molecule has 1 atom stereocenters. The molecule has 9 heteroatoms. The van der Waals surface area contributed by atoms with Gasteiger partial charge in [-0.1, -0.05) is 53.3 Å². The number of rotatable bonds is 6. The van der Waals surface area contributed by atoms with E-state index in [1.807, 2.05) is 49.4 Å². The molecule has 0 radical (unpaired) electrons. The van der Waals surface area contributed by atoms with Gasteiger partial charge in [0.05, 0.1) is 28.5 Å². The maximum Gasteiger partial charge on any atom is 0.338 e. The van der Waals surface area contributed by atoms with E-state index in [0.29, 0.717) is 25.6 Å². The Morgan fingerprint density at radius 1 is 1.17 bits per heavy atom. The highest BCUT2D eigenvalue weighted by atomic mass is 35.5. The normalized spacial score (nSPS) is 15.8. The standard InChI is InChI=1S/C27H24ClN3O4S/c1-15-20(19-6-4-5-7-21(19)29-15)14-22-25(32)31-24(17-8-10-18(28)11-9-17)23(16(2)30-27(31)36-22)26(33)35-13-12-34-3/h4-11,14,24,29H,12-13H2,1-3H3. The molecule has 5 rings (SSSR count). The van der Waals surface area contributed by atoms with Gasteiger partial charge >= 0.3 is 5.97 Å². The van der Waals surface area contributed by atoms with Crippen LogP contribution in [0.25, 0.3) is 17.0 Å². The van der Waals surface area contributed by atoms with E-state index in [9.17, 15) is 9.59 Å². The molecule has 2 aromatic heterocycles. The fourth-order valence-corrected chi connectivity index (χ4v) is 5.61. The Balaban J connectivity index is 1.70. The first-order valence-corrected chi connectivity index (χ1v) is 12.6. The molecule has 1 N–H and O–H groups in total. The Morgan fingerprint density at radius 3 is 2.67 bits per heavy atom. The first kappa shape index (κ1) is 24.2. The molecule has 4 aromatic rings. The third-order valence-electron chi connectivity index (χ3n) is 6.17. The maximum atomic E-state index is 13.8. The van der Waals surface area contributed by atoms with Gasteiger partial charge in [0.25, 0.3) is 5.56 Å². The highest BCUT2D eigenvalue weighted by Gasteiger charge is 2.33. The molecular formula is C27H24ClN3O4S. The number of hydrogen-bond donors (Lipinski definition) is 1. The first-order chi connectivity index (χ1) is 17.4. The molecule has 1 aliphatic rings. The average Bonchev–Trinajstić information content (AvgIpc) is 3.34. The fourth-order valence-electron chi connectivity index (χ4n) is 4.45. The van der Waals surface area contributed by atoms with Gasteiger partial charge in [-0.3, -0.25) is 9.36 Å². The van der Waals surface area contributed by atoms with Gasteiger partial charge in [0.2, 0.25) is 0 Å². The van der Waals surface area contributed by atoms with E-state index in [1.54, 1.807) is 23.6 Å². The molecule has 1 unspecified atom stereocenters. The Kier molecular flexibility index (Phi) is 6.66. The molecular weight excluding hydrogens is 498 g/mol. The Morgan fingerprint density at radius 2 is 1.92 bits per heavy atom. The number of nitrogens with zero attached hydrogens (tertiary/aromatic N) is 2. The summed E-state index contributed by atoms with van der Waals surface area (Å²) in [5, 5.41) is 1.60. The number of halogens is 1. The van der Waals surface area contributed by atoms with Crippen LogP contribution in [-0.4, -0.2) is 35.8 Å². The molecule has 0 saturated carbocycles. The van der Waals surface area contributed by atoms with Gasteiger partial charge in [-0.2, -0.15) is 0 Å². The number of aryl methyl sites for hydroxylation is 1. The van der Waals surface area contributed by atoms with Crippen molar-refractivity contribution < 1.29 is 14.3 Å². The summed E-state index contributed by atoms with van der Waals surface area (Å²) in [5.41, 5.74) is 4.26. The van der Waals surface area contributed by atoms with Gasteiger partial charge in [0.1, 0.15) is 6.61 Å². The summed E-state index contributed by atoms with van der Waals surface area (Å²) in [5.74, 6) is -0.532. The van der Waals surface area contributed by atoms with Crippen molar-refractivity contribution in [3.05, 3.63) is 101 Å². The van der Waals surface area contributed by atoms with Crippen molar-refractivity contribution in [2.45, 2.75) is 19.9 Å². The Labute approximate surface area is 216 Å². The summed E-state index contributed by atoms with van der Waals surface area (Å²) in [6, 6.07) is 14.4. The zero-order chi connectivity index (χ0) is 25.4. The van der Waals surface area contributed by atoms with Crippen LogP contribution in [0.2, 0.25) is 5.02 Å². The van der Waals surface area contributed by atoms with Gasteiger partial charge in [0, 0.05) is 34.3 Å². The van der Waals surface area contributed by atoms with E-state index in [0.717, 1.165) is 27.7 Å².